The van der Waals surface area contributed by atoms with E-state index in [2.05, 4.69) is 54.3 Å². The first-order valence-electron chi connectivity index (χ1n) is 8.82. The molecule has 0 saturated carbocycles. The minimum atomic E-state index is 0.151. The third-order valence-electron chi connectivity index (χ3n) is 4.64. The molecule has 0 radical (unpaired) electrons. The standard InChI is InChI=1S/C21H27NO/c1-18(17-19-11-5-2-6-12-19)21(22-15-9-4-10-16-22)23-20-13-7-3-8-14-20/h2-3,5-8,11-14,18,21H,4,9-10,15-17H2,1H3. The smallest absolute Gasteiger partial charge is 0.155 e. The molecule has 2 heteroatoms. The van der Waals surface area contributed by atoms with Crippen LogP contribution in [0.3, 0.4) is 0 Å². The Morgan fingerprint density at radius 2 is 1.48 bits per heavy atom. The first kappa shape index (κ1) is 16.1. The van der Waals surface area contributed by atoms with E-state index in [-0.39, 0.29) is 6.23 Å². The molecule has 0 bridgehead atoms. The molecule has 0 amide bonds. The van der Waals surface area contributed by atoms with Gasteiger partial charge >= 0.3 is 0 Å². The van der Waals surface area contributed by atoms with Gasteiger partial charge in [-0.25, -0.2) is 0 Å². The number of piperidine rings is 1. The van der Waals surface area contributed by atoms with Crippen LogP contribution in [0.2, 0.25) is 0 Å². The van der Waals surface area contributed by atoms with E-state index in [4.69, 9.17) is 4.74 Å². The lowest BCUT2D eigenvalue weighted by Crippen LogP contribution is -2.47. The molecule has 2 atom stereocenters. The van der Waals surface area contributed by atoms with E-state index >= 15 is 0 Å². The summed E-state index contributed by atoms with van der Waals surface area (Å²) >= 11 is 0. The maximum Gasteiger partial charge on any atom is 0.155 e. The molecule has 3 rings (SSSR count). The molecule has 2 nitrogen and oxygen atoms in total. The molecule has 1 aliphatic rings. The first-order chi connectivity index (χ1) is 11.3. The molecule has 1 aliphatic heterocycles. The highest BCUT2D eigenvalue weighted by molar-refractivity contribution is 5.21. The van der Waals surface area contributed by atoms with Crippen LogP contribution in [0, 0.1) is 5.92 Å². The summed E-state index contributed by atoms with van der Waals surface area (Å²) in [4.78, 5) is 2.53. The second kappa shape index (κ2) is 8.16. The van der Waals surface area contributed by atoms with Gasteiger partial charge in [-0.3, -0.25) is 4.90 Å². The molecule has 0 N–H and O–H groups in total. The van der Waals surface area contributed by atoms with Crippen molar-refractivity contribution < 1.29 is 4.74 Å². The van der Waals surface area contributed by atoms with Gasteiger partial charge in [-0.1, -0.05) is 61.9 Å². The van der Waals surface area contributed by atoms with Crippen LogP contribution in [0.15, 0.2) is 60.7 Å². The summed E-state index contributed by atoms with van der Waals surface area (Å²) in [6, 6.07) is 21.0. The lowest BCUT2D eigenvalue weighted by molar-refractivity contribution is -0.0244. The highest BCUT2D eigenvalue weighted by Crippen LogP contribution is 2.24. The number of ether oxygens (including phenoxy) is 1. The number of para-hydroxylation sites is 1. The van der Waals surface area contributed by atoms with Crippen molar-refractivity contribution in [1.82, 2.24) is 4.90 Å². The zero-order valence-electron chi connectivity index (χ0n) is 14.0. The van der Waals surface area contributed by atoms with Crippen molar-refractivity contribution in [3.8, 4) is 5.75 Å². The van der Waals surface area contributed by atoms with Gasteiger partial charge in [-0.2, -0.15) is 0 Å². The van der Waals surface area contributed by atoms with Crippen molar-refractivity contribution in [3.63, 3.8) is 0 Å². The van der Waals surface area contributed by atoms with Gasteiger partial charge in [0.25, 0.3) is 0 Å². The van der Waals surface area contributed by atoms with Crippen LogP contribution < -0.4 is 4.74 Å². The van der Waals surface area contributed by atoms with E-state index in [0.717, 1.165) is 25.3 Å². The fourth-order valence-corrected chi connectivity index (χ4v) is 3.45. The van der Waals surface area contributed by atoms with Crippen molar-refractivity contribution in [3.05, 3.63) is 66.2 Å². The predicted molar refractivity (Wildman–Crippen MR) is 95.6 cm³/mol. The van der Waals surface area contributed by atoms with Crippen molar-refractivity contribution in [2.45, 2.75) is 38.8 Å². The molecule has 2 aromatic carbocycles. The molecular weight excluding hydrogens is 282 g/mol. The van der Waals surface area contributed by atoms with Gasteiger partial charge in [0, 0.05) is 19.0 Å². The van der Waals surface area contributed by atoms with Crippen LogP contribution in [0.4, 0.5) is 0 Å². The molecule has 2 unspecified atom stereocenters. The number of likely N-dealkylation sites (tertiary alicyclic amines) is 1. The molecule has 0 aliphatic carbocycles. The SMILES string of the molecule is CC(Cc1ccccc1)C(Oc1ccccc1)N1CCCCC1. The number of nitrogens with zero attached hydrogens (tertiary/aromatic N) is 1. The van der Waals surface area contributed by atoms with Crippen LogP contribution in [0.25, 0.3) is 0 Å². The quantitative estimate of drug-likeness (QED) is 0.763. The summed E-state index contributed by atoms with van der Waals surface area (Å²) in [6.07, 6.45) is 5.12. The lowest BCUT2D eigenvalue weighted by Gasteiger charge is -2.38. The topological polar surface area (TPSA) is 12.5 Å². The molecule has 1 fully saturated rings. The molecule has 122 valence electrons. The molecule has 0 aromatic heterocycles. The van der Waals surface area contributed by atoms with Crippen LogP contribution in [-0.4, -0.2) is 24.2 Å². The zero-order valence-corrected chi connectivity index (χ0v) is 14.0. The highest BCUT2D eigenvalue weighted by atomic mass is 16.5. The number of rotatable bonds is 6. The van der Waals surface area contributed by atoms with Crippen LogP contribution >= 0.6 is 0 Å². The Balaban J connectivity index is 1.73. The Morgan fingerprint density at radius 3 is 2.13 bits per heavy atom. The second-order valence-electron chi connectivity index (χ2n) is 6.59. The van der Waals surface area contributed by atoms with E-state index in [1.807, 2.05) is 18.2 Å². The van der Waals surface area contributed by atoms with E-state index in [9.17, 15) is 0 Å². The number of hydrogen-bond acceptors (Lipinski definition) is 2. The molecule has 1 saturated heterocycles. The third kappa shape index (κ3) is 4.59. The summed E-state index contributed by atoms with van der Waals surface area (Å²) < 4.78 is 6.41. The second-order valence-corrected chi connectivity index (χ2v) is 6.59. The average molecular weight is 309 g/mol. The summed E-state index contributed by atoms with van der Waals surface area (Å²) in [7, 11) is 0. The summed E-state index contributed by atoms with van der Waals surface area (Å²) in [6.45, 7) is 4.61. The van der Waals surface area contributed by atoms with Gasteiger partial charge in [0.2, 0.25) is 0 Å². The van der Waals surface area contributed by atoms with Crippen LogP contribution in [0.5, 0.6) is 5.75 Å². The van der Waals surface area contributed by atoms with E-state index in [1.165, 1.54) is 24.8 Å². The largest absolute Gasteiger partial charge is 0.475 e. The maximum atomic E-state index is 6.41. The van der Waals surface area contributed by atoms with Gasteiger partial charge in [0.15, 0.2) is 6.23 Å². The zero-order chi connectivity index (χ0) is 15.9. The Bertz CT molecular complexity index is 563. The van der Waals surface area contributed by atoms with E-state index in [0.29, 0.717) is 5.92 Å². The minimum Gasteiger partial charge on any atom is -0.475 e. The van der Waals surface area contributed by atoms with Crippen LogP contribution in [0.1, 0.15) is 31.7 Å². The molecule has 23 heavy (non-hydrogen) atoms. The number of hydrogen-bond donors (Lipinski definition) is 0. The predicted octanol–water partition coefficient (Wildman–Crippen LogP) is 4.76. The van der Waals surface area contributed by atoms with Crippen LogP contribution in [-0.2, 0) is 6.42 Å². The fourth-order valence-electron chi connectivity index (χ4n) is 3.45. The Kier molecular flexibility index (Phi) is 5.71. The average Bonchev–Trinajstić information content (AvgIpc) is 2.62. The van der Waals surface area contributed by atoms with Gasteiger partial charge in [0.05, 0.1) is 0 Å². The van der Waals surface area contributed by atoms with Gasteiger partial charge in [0.1, 0.15) is 5.75 Å². The van der Waals surface area contributed by atoms with Crippen molar-refractivity contribution in [2.24, 2.45) is 5.92 Å². The number of benzene rings is 2. The Morgan fingerprint density at radius 1 is 0.870 bits per heavy atom. The van der Waals surface area contributed by atoms with Gasteiger partial charge in [-0.05, 0) is 37.0 Å². The fraction of sp³-hybridized carbons (Fsp3) is 0.429. The molecule has 1 heterocycles. The lowest BCUT2D eigenvalue weighted by atomic mass is 9.97. The monoisotopic (exact) mass is 309 g/mol. The minimum absolute atomic E-state index is 0.151. The summed E-state index contributed by atoms with van der Waals surface area (Å²) in [5.74, 6) is 1.43. The Hall–Kier alpha value is -1.80. The normalized spacial score (nSPS) is 18.3. The third-order valence-corrected chi connectivity index (χ3v) is 4.64. The molecular formula is C21H27NO. The maximum absolute atomic E-state index is 6.41. The van der Waals surface area contributed by atoms with Gasteiger partial charge < -0.3 is 4.74 Å². The van der Waals surface area contributed by atoms with Crippen molar-refractivity contribution in [1.29, 1.82) is 0 Å². The van der Waals surface area contributed by atoms with E-state index < -0.39 is 0 Å². The molecule has 2 aromatic rings. The first-order valence-corrected chi connectivity index (χ1v) is 8.82. The summed E-state index contributed by atoms with van der Waals surface area (Å²) in [5, 5.41) is 0. The highest BCUT2D eigenvalue weighted by Gasteiger charge is 2.27. The molecule has 0 spiro atoms. The van der Waals surface area contributed by atoms with Gasteiger partial charge in [-0.15, -0.1) is 0 Å². The van der Waals surface area contributed by atoms with E-state index in [1.54, 1.807) is 0 Å². The van der Waals surface area contributed by atoms with Crippen molar-refractivity contribution >= 4 is 0 Å². The summed E-state index contributed by atoms with van der Waals surface area (Å²) in [5.41, 5.74) is 1.39. The Labute approximate surface area is 140 Å². The van der Waals surface area contributed by atoms with Crippen molar-refractivity contribution in [2.75, 3.05) is 13.1 Å².